The maximum Gasteiger partial charge on any atom is 0.243 e. The molecule has 1 amide bonds. The van der Waals surface area contributed by atoms with E-state index in [0.29, 0.717) is 55.6 Å². The number of ether oxygens (including phenoxy) is 2. The summed E-state index contributed by atoms with van der Waals surface area (Å²) < 4.78 is 37.9. The minimum atomic E-state index is -3.61. The third kappa shape index (κ3) is 6.68. The zero-order chi connectivity index (χ0) is 23.0. The van der Waals surface area contributed by atoms with Crippen molar-refractivity contribution >= 4 is 27.5 Å². The molecule has 7 nitrogen and oxygen atoms in total. The number of halogens is 1. The van der Waals surface area contributed by atoms with Crippen LogP contribution in [0, 0.1) is 0 Å². The number of sulfonamides is 1. The summed E-state index contributed by atoms with van der Waals surface area (Å²) in [5, 5.41) is 3.63. The Morgan fingerprint density at radius 3 is 2.53 bits per heavy atom. The van der Waals surface area contributed by atoms with E-state index in [1.807, 2.05) is 24.3 Å². The lowest BCUT2D eigenvalue weighted by atomic mass is 10.1. The molecule has 1 aliphatic heterocycles. The Bertz CT molecular complexity index is 1010. The van der Waals surface area contributed by atoms with E-state index >= 15 is 0 Å². The van der Waals surface area contributed by atoms with E-state index in [2.05, 4.69) is 5.32 Å². The standard InChI is InChI=1S/C23H29ClN2O5S/c1-30-22-10-9-21(32(28,29)26-13-15-31-16-14-26)17-19(22)6-11-23(27)25-12-2-3-18-4-7-20(24)8-5-18/h4-5,7-10,17H,2-3,6,11-16H2,1H3,(H,25,27). The first-order chi connectivity index (χ1) is 15.4. The topological polar surface area (TPSA) is 84.9 Å². The third-order valence-corrected chi connectivity index (χ3v) is 7.51. The van der Waals surface area contributed by atoms with Crippen LogP contribution in [0.5, 0.6) is 5.75 Å². The fourth-order valence-electron chi connectivity index (χ4n) is 3.55. The number of methoxy groups -OCH3 is 1. The highest BCUT2D eigenvalue weighted by Gasteiger charge is 2.27. The number of rotatable bonds is 10. The number of hydrogen-bond donors (Lipinski definition) is 1. The van der Waals surface area contributed by atoms with Crippen LogP contribution in [0.1, 0.15) is 24.0 Å². The van der Waals surface area contributed by atoms with Gasteiger partial charge in [-0.2, -0.15) is 4.31 Å². The van der Waals surface area contributed by atoms with Gasteiger partial charge in [-0.15, -0.1) is 0 Å². The Morgan fingerprint density at radius 2 is 1.84 bits per heavy atom. The number of amides is 1. The molecular formula is C23H29ClN2O5S. The van der Waals surface area contributed by atoms with Crippen LogP contribution < -0.4 is 10.1 Å². The van der Waals surface area contributed by atoms with Crippen molar-refractivity contribution < 1.29 is 22.7 Å². The fourth-order valence-corrected chi connectivity index (χ4v) is 5.14. The zero-order valence-corrected chi connectivity index (χ0v) is 19.8. The summed E-state index contributed by atoms with van der Waals surface area (Å²) in [4.78, 5) is 12.5. The molecule has 2 aromatic rings. The molecule has 0 aromatic heterocycles. The number of benzene rings is 2. The molecule has 1 aliphatic rings. The highest BCUT2D eigenvalue weighted by molar-refractivity contribution is 7.89. The van der Waals surface area contributed by atoms with Crippen molar-refractivity contribution in [3.8, 4) is 5.75 Å². The van der Waals surface area contributed by atoms with Crippen molar-refractivity contribution in [1.82, 2.24) is 9.62 Å². The second kappa shape index (κ2) is 11.7. The lowest BCUT2D eigenvalue weighted by molar-refractivity contribution is -0.121. The maximum atomic E-state index is 12.9. The molecule has 0 atom stereocenters. The van der Waals surface area contributed by atoms with Gasteiger partial charge in [-0.25, -0.2) is 8.42 Å². The number of aryl methyl sites for hydroxylation is 2. The van der Waals surface area contributed by atoms with Crippen LogP contribution in [0.15, 0.2) is 47.4 Å². The van der Waals surface area contributed by atoms with Gasteiger partial charge in [-0.05, 0) is 60.7 Å². The van der Waals surface area contributed by atoms with E-state index in [1.54, 1.807) is 18.2 Å². The van der Waals surface area contributed by atoms with E-state index < -0.39 is 10.0 Å². The summed E-state index contributed by atoms with van der Waals surface area (Å²) in [5.74, 6) is 0.492. The smallest absolute Gasteiger partial charge is 0.243 e. The van der Waals surface area contributed by atoms with Crippen LogP contribution in [0.3, 0.4) is 0 Å². The van der Waals surface area contributed by atoms with E-state index in [1.165, 1.54) is 17.0 Å². The predicted octanol–water partition coefficient (Wildman–Crippen LogP) is 3.05. The van der Waals surface area contributed by atoms with E-state index in [9.17, 15) is 13.2 Å². The van der Waals surface area contributed by atoms with Gasteiger partial charge in [-0.3, -0.25) is 4.79 Å². The van der Waals surface area contributed by atoms with Gasteiger partial charge in [0.05, 0.1) is 25.2 Å². The molecule has 1 N–H and O–H groups in total. The number of hydrogen-bond acceptors (Lipinski definition) is 5. The molecule has 0 bridgehead atoms. The number of carbonyl (C=O) groups excluding carboxylic acids is 1. The molecule has 0 saturated carbocycles. The first-order valence-electron chi connectivity index (χ1n) is 10.7. The van der Waals surface area contributed by atoms with Crippen molar-refractivity contribution in [1.29, 1.82) is 0 Å². The lowest BCUT2D eigenvalue weighted by Gasteiger charge is -2.26. The normalized spacial score (nSPS) is 14.8. The summed E-state index contributed by atoms with van der Waals surface area (Å²) >= 11 is 5.89. The Balaban J connectivity index is 1.53. The van der Waals surface area contributed by atoms with Crippen LogP contribution in [0.25, 0.3) is 0 Å². The van der Waals surface area contributed by atoms with E-state index in [4.69, 9.17) is 21.1 Å². The van der Waals surface area contributed by atoms with E-state index in [0.717, 1.165) is 12.8 Å². The van der Waals surface area contributed by atoms with Gasteiger partial charge < -0.3 is 14.8 Å². The Labute approximate surface area is 194 Å². The van der Waals surface area contributed by atoms with Gasteiger partial charge in [0.1, 0.15) is 5.75 Å². The van der Waals surface area contributed by atoms with Crippen LogP contribution in [0.4, 0.5) is 0 Å². The maximum absolute atomic E-state index is 12.9. The van der Waals surface area contributed by atoms with Gasteiger partial charge in [0.2, 0.25) is 15.9 Å². The number of nitrogens with zero attached hydrogens (tertiary/aromatic N) is 1. The Kier molecular flexibility index (Phi) is 8.92. The quantitative estimate of drug-likeness (QED) is 0.528. The van der Waals surface area contributed by atoms with Gasteiger partial charge in [0.15, 0.2) is 0 Å². The summed E-state index contributed by atoms with van der Waals surface area (Å²) in [6.45, 7) is 2.02. The summed E-state index contributed by atoms with van der Waals surface area (Å²) in [6, 6.07) is 12.5. The monoisotopic (exact) mass is 480 g/mol. The van der Waals surface area contributed by atoms with E-state index in [-0.39, 0.29) is 17.2 Å². The number of morpholine rings is 1. The van der Waals surface area contributed by atoms with Crippen LogP contribution >= 0.6 is 11.6 Å². The second-order valence-electron chi connectivity index (χ2n) is 7.57. The molecule has 0 spiro atoms. The molecule has 1 fully saturated rings. The lowest BCUT2D eigenvalue weighted by Crippen LogP contribution is -2.40. The average Bonchev–Trinajstić information content (AvgIpc) is 2.82. The Morgan fingerprint density at radius 1 is 1.12 bits per heavy atom. The summed E-state index contributed by atoms with van der Waals surface area (Å²) in [6.07, 6.45) is 2.31. The van der Waals surface area contributed by atoms with Crippen molar-refractivity contribution in [3.05, 3.63) is 58.6 Å². The van der Waals surface area contributed by atoms with Crippen molar-refractivity contribution in [2.24, 2.45) is 0 Å². The molecule has 1 saturated heterocycles. The van der Waals surface area contributed by atoms with Crippen molar-refractivity contribution in [2.75, 3.05) is 40.0 Å². The molecule has 0 radical (unpaired) electrons. The van der Waals surface area contributed by atoms with Crippen LogP contribution in [-0.4, -0.2) is 58.6 Å². The third-order valence-electron chi connectivity index (χ3n) is 5.36. The molecule has 0 unspecified atom stereocenters. The molecule has 3 rings (SSSR count). The molecular weight excluding hydrogens is 452 g/mol. The fraction of sp³-hybridized carbons (Fsp3) is 0.435. The number of carbonyl (C=O) groups is 1. The molecule has 1 heterocycles. The predicted molar refractivity (Wildman–Crippen MR) is 124 cm³/mol. The first kappa shape index (κ1) is 24.5. The minimum absolute atomic E-state index is 0.0791. The summed E-state index contributed by atoms with van der Waals surface area (Å²) in [5.41, 5.74) is 1.87. The molecule has 174 valence electrons. The first-order valence-corrected chi connectivity index (χ1v) is 12.5. The van der Waals surface area contributed by atoms with Crippen LogP contribution in [0.2, 0.25) is 5.02 Å². The Hall–Kier alpha value is -2.13. The largest absolute Gasteiger partial charge is 0.496 e. The second-order valence-corrected chi connectivity index (χ2v) is 9.94. The highest BCUT2D eigenvalue weighted by atomic mass is 35.5. The zero-order valence-electron chi connectivity index (χ0n) is 18.2. The molecule has 2 aromatic carbocycles. The molecule has 32 heavy (non-hydrogen) atoms. The molecule has 0 aliphatic carbocycles. The SMILES string of the molecule is COc1ccc(S(=O)(=O)N2CCOCC2)cc1CCC(=O)NCCCc1ccc(Cl)cc1. The van der Waals surface area contributed by atoms with Crippen LogP contribution in [-0.2, 0) is 32.4 Å². The molecule has 9 heteroatoms. The summed E-state index contributed by atoms with van der Waals surface area (Å²) in [7, 11) is -2.07. The van der Waals surface area contributed by atoms with Gasteiger partial charge >= 0.3 is 0 Å². The van der Waals surface area contributed by atoms with Crippen molar-refractivity contribution in [3.63, 3.8) is 0 Å². The van der Waals surface area contributed by atoms with Crippen molar-refractivity contribution in [2.45, 2.75) is 30.6 Å². The minimum Gasteiger partial charge on any atom is -0.496 e. The van der Waals surface area contributed by atoms with Gasteiger partial charge in [0.25, 0.3) is 0 Å². The average molecular weight is 481 g/mol. The van der Waals surface area contributed by atoms with Gasteiger partial charge in [0, 0.05) is 31.1 Å². The van der Waals surface area contributed by atoms with Gasteiger partial charge in [-0.1, -0.05) is 23.7 Å². The highest BCUT2D eigenvalue weighted by Crippen LogP contribution is 2.26. The number of nitrogens with one attached hydrogen (secondary N) is 1.